The minimum atomic E-state index is -3.81. The SMILES string of the molecule is CS(=O)(=O)c1ccccc1S(=O)(=O)N1CCC(CN2CCOCC2)CC1. The molecule has 1 aromatic rings. The van der Waals surface area contributed by atoms with Crippen LogP contribution in [0, 0.1) is 5.92 Å². The normalized spacial score (nSPS) is 21.7. The van der Waals surface area contributed by atoms with Gasteiger partial charge in [0.2, 0.25) is 10.0 Å². The Kier molecular flexibility index (Phi) is 6.03. The number of morpholine rings is 1. The summed E-state index contributed by atoms with van der Waals surface area (Å²) in [6.45, 7) is 5.20. The topological polar surface area (TPSA) is 84.0 Å². The minimum Gasteiger partial charge on any atom is -0.379 e. The van der Waals surface area contributed by atoms with E-state index in [1.165, 1.54) is 16.4 Å². The monoisotopic (exact) mass is 402 g/mol. The van der Waals surface area contributed by atoms with Gasteiger partial charge in [0.1, 0.15) is 4.90 Å². The average molecular weight is 403 g/mol. The van der Waals surface area contributed by atoms with E-state index in [1.54, 1.807) is 12.1 Å². The predicted molar refractivity (Wildman–Crippen MR) is 98.3 cm³/mol. The Morgan fingerprint density at radius 3 is 2.12 bits per heavy atom. The van der Waals surface area contributed by atoms with E-state index < -0.39 is 19.9 Å². The summed E-state index contributed by atoms with van der Waals surface area (Å²) in [4.78, 5) is 2.13. The third kappa shape index (κ3) is 4.45. The fraction of sp³-hybridized carbons (Fsp3) is 0.647. The quantitative estimate of drug-likeness (QED) is 0.725. The molecule has 0 spiro atoms. The first kappa shape index (κ1) is 19.8. The van der Waals surface area contributed by atoms with E-state index in [0.29, 0.717) is 19.0 Å². The molecule has 2 saturated heterocycles. The van der Waals surface area contributed by atoms with Gasteiger partial charge in [-0.25, -0.2) is 16.8 Å². The van der Waals surface area contributed by atoms with Crippen molar-refractivity contribution >= 4 is 19.9 Å². The van der Waals surface area contributed by atoms with Gasteiger partial charge in [-0.15, -0.1) is 0 Å². The number of sulfone groups is 1. The van der Waals surface area contributed by atoms with Crippen LogP contribution < -0.4 is 0 Å². The Morgan fingerprint density at radius 1 is 0.962 bits per heavy atom. The molecule has 0 unspecified atom stereocenters. The molecule has 0 atom stereocenters. The summed E-state index contributed by atoms with van der Waals surface area (Å²) in [5, 5.41) is 0. The predicted octanol–water partition coefficient (Wildman–Crippen LogP) is 0.823. The highest BCUT2D eigenvalue weighted by atomic mass is 32.2. The number of hydrogen-bond acceptors (Lipinski definition) is 6. The second kappa shape index (κ2) is 7.93. The largest absolute Gasteiger partial charge is 0.379 e. The maximum Gasteiger partial charge on any atom is 0.244 e. The summed E-state index contributed by atoms with van der Waals surface area (Å²) < 4.78 is 56.7. The lowest BCUT2D eigenvalue weighted by atomic mass is 9.97. The van der Waals surface area contributed by atoms with E-state index >= 15 is 0 Å². The van der Waals surface area contributed by atoms with Crippen molar-refractivity contribution in [1.82, 2.24) is 9.21 Å². The van der Waals surface area contributed by atoms with E-state index in [1.807, 2.05) is 0 Å². The maximum atomic E-state index is 13.0. The molecule has 2 aliphatic heterocycles. The third-order valence-corrected chi connectivity index (χ3v) is 8.30. The minimum absolute atomic E-state index is 0.117. The highest BCUT2D eigenvalue weighted by molar-refractivity contribution is 7.93. The molecule has 0 N–H and O–H groups in total. The zero-order valence-corrected chi connectivity index (χ0v) is 16.6. The molecule has 0 aromatic heterocycles. The lowest BCUT2D eigenvalue weighted by Gasteiger charge is -2.35. The maximum absolute atomic E-state index is 13.0. The molecule has 0 radical (unpaired) electrons. The summed E-state index contributed by atoms with van der Waals surface area (Å²) >= 11 is 0. The smallest absolute Gasteiger partial charge is 0.244 e. The molecule has 26 heavy (non-hydrogen) atoms. The van der Waals surface area contributed by atoms with E-state index in [9.17, 15) is 16.8 Å². The van der Waals surface area contributed by atoms with E-state index in [-0.39, 0.29) is 9.79 Å². The molecule has 2 heterocycles. The molecule has 1 aromatic carbocycles. The van der Waals surface area contributed by atoms with Gasteiger partial charge in [-0.3, -0.25) is 4.90 Å². The van der Waals surface area contributed by atoms with Gasteiger partial charge >= 0.3 is 0 Å². The zero-order chi connectivity index (χ0) is 18.8. The lowest BCUT2D eigenvalue weighted by molar-refractivity contribution is 0.0269. The Bertz CT molecular complexity index is 824. The molecule has 0 saturated carbocycles. The van der Waals surface area contributed by atoms with Gasteiger partial charge < -0.3 is 4.74 Å². The molecular weight excluding hydrogens is 376 g/mol. The second-order valence-electron chi connectivity index (χ2n) is 6.98. The third-order valence-electron chi connectivity index (χ3n) is 5.06. The van der Waals surface area contributed by atoms with Crippen LogP contribution in [0.15, 0.2) is 34.1 Å². The number of rotatable bonds is 5. The molecule has 0 aliphatic carbocycles. The van der Waals surface area contributed by atoms with Crippen molar-refractivity contribution in [1.29, 1.82) is 0 Å². The number of piperidine rings is 1. The van der Waals surface area contributed by atoms with Crippen LogP contribution in [0.1, 0.15) is 12.8 Å². The van der Waals surface area contributed by atoms with Crippen LogP contribution in [0.3, 0.4) is 0 Å². The first-order valence-corrected chi connectivity index (χ1v) is 12.2. The summed E-state index contributed by atoms with van der Waals surface area (Å²) in [7, 11) is -7.42. The van der Waals surface area contributed by atoms with Crippen LogP contribution in [0.2, 0.25) is 0 Å². The molecule has 3 rings (SSSR count). The number of ether oxygens (including phenoxy) is 1. The highest BCUT2D eigenvalue weighted by Gasteiger charge is 2.33. The van der Waals surface area contributed by atoms with Crippen molar-refractivity contribution in [2.24, 2.45) is 5.92 Å². The van der Waals surface area contributed by atoms with Crippen molar-refractivity contribution in [2.75, 3.05) is 52.2 Å². The van der Waals surface area contributed by atoms with Crippen molar-refractivity contribution in [3.63, 3.8) is 0 Å². The van der Waals surface area contributed by atoms with Gasteiger partial charge in [0, 0.05) is 39.0 Å². The van der Waals surface area contributed by atoms with Gasteiger partial charge in [0.25, 0.3) is 0 Å². The number of sulfonamides is 1. The summed E-state index contributed by atoms with van der Waals surface area (Å²) in [5.41, 5.74) is 0. The standard InChI is InChI=1S/C17H26N2O5S2/c1-25(20,21)16-4-2-3-5-17(16)26(22,23)19-8-6-15(7-9-19)14-18-10-12-24-13-11-18/h2-5,15H,6-14H2,1H3. The van der Waals surface area contributed by atoms with Crippen LogP contribution in [0.4, 0.5) is 0 Å². The van der Waals surface area contributed by atoms with E-state index in [0.717, 1.165) is 51.9 Å². The molecule has 7 nitrogen and oxygen atoms in total. The average Bonchev–Trinajstić information content (AvgIpc) is 2.62. The van der Waals surface area contributed by atoms with Crippen molar-refractivity contribution in [3.05, 3.63) is 24.3 Å². The Morgan fingerprint density at radius 2 is 1.54 bits per heavy atom. The summed E-state index contributed by atoms with van der Waals surface area (Å²) in [6.07, 6.45) is 2.62. The number of nitrogens with zero attached hydrogens (tertiary/aromatic N) is 2. The van der Waals surface area contributed by atoms with Gasteiger partial charge in [-0.2, -0.15) is 4.31 Å². The van der Waals surface area contributed by atoms with Gasteiger partial charge in [0.15, 0.2) is 9.84 Å². The van der Waals surface area contributed by atoms with Crippen molar-refractivity contribution < 1.29 is 21.6 Å². The molecule has 2 aliphatic rings. The first-order valence-electron chi connectivity index (χ1n) is 8.88. The van der Waals surface area contributed by atoms with Gasteiger partial charge in [-0.1, -0.05) is 12.1 Å². The zero-order valence-electron chi connectivity index (χ0n) is 15.0. The highest BCUT2D eigenvalue weighted by Crippen LogP contribution is 2.28. The summed E-state index contributed by atoms with van der Waals surface area (Å²) in [6, 6.07) is 5.84. The lowest BCUT2D eigenvalue weighted by Crippen LogP contribution is -2.44. The molecule has 146 valence electrons. The van der Waals surface area contributed by atoms with Crippen LogP contribution >= 0.6 is 0 Å². The van der Waals surface area contributed by atoms with Crippen LogP contribution in [0.25, 0.3) is 0 Å². The first-order chi connectivity index (χ1) is 12.3. The van der Waals surface area contributed by atoms with Crippen molar-refractivity contribution in [3.8, 4) is 0 Å². The van der Waals surface area contributed by atoms with Crippen LogP contribution in [-0.4, -0.2) is 78.2 Å². The molecule has 2 fully saturated rings. The van der Waals surface area contributed by atoms with E-state index in [2.05, 4.69) is 4.90 Å². The van der Waals surface area contributed by atoms with Crippen LogP contribution in [0.5, 0.6) is 0 Å². The summed E-state index contributed by atoms with van der Waals surface area (Å²) in [5.74, 6) is 0.463. The van der Waals surface area contributed by atoms with Gasteiger partial charge in [0.05, 0.1) is 18.1 Å². The fourth-order valence-corrected chi connectivity index (χ4v) is 6.66. The second-order valence-corrected chi connectivity index (χ2v) is 10.9. The molecular formula is C17H26N2O5S2. The number of benzene rings is 1. The molecule has 0 bridgehead atoms. The van der Waals surface area contributed by atoms with E-state index in [4.69, 9.17) is 4.74 Å². The van der Waals surface area contributed by atoms with Crippen molar-refractivity contribution in [2.45, 2.75) is 22.6 Å². The Labute approximate surface area is 155 Å². The molecule has 9 heteroatoms. The fourth-order valence-electron chi connectivity index (χ4n) is 3.59. The van der Waals surface area contributed by atoms with Gasteiger partial charge in [-0.05, 0) is 30.9 Å². The number of hydrogen-bond donors (Lipinski definition) is 0. The molecule has 0 amide bonds. The van der Waals surface area contributed by atoms with Crippen LogP contribution in [-0.2, 0) is 24.6 Å². The Hall–Kier alpha value is -1.00. The Balaban J connectivity index is 1.69.